The second-order valence-corrected chi connectivity index (χ2v) is 7.45. The van der Waals surface area contributed by atoms with Gasteiger partial charge in [0.25, 0.3) is 0 Å². The number of quaternary nitrogens is 1. The van der Waals surface area contributed by atoms with Crippen LogP contribution in [0.4, 0.5) is 0 Å². The van der Waals surface area contributed by atoms with Crippen molar-refractivity contribution in [3.05, 3.63) is 11.1 Å². The highest BCUT2D eigenvalue weighted by Gasteiger charge is 2.54. The van der Waals surface area contributed by atoms with Crippen LogP contribution >= 0.6 is 0 Å². The normalized spacial score (nSPS) is 43.8. The summed E-state index contributed by atoms with van der Waals surface area (Å²) in [6.45, 7) is 7.80. The molecule has 0 amide bonds. The number of piperidine rings is 1. The van der Waals surface area contributed by atoms with Crippen LogP contribution in [0.15, 0.2) is 11.1 Å². The summed E-state index contributed by atoms with van der Waals surface area (Å²) in [5.74, 6) is 0.997. The molecule has 0 aromatic carbocycles. The van der Waals surface area contributed by atoms with E-state index in [2.05, 4.69) is 20.9 Å². The van der Waals surface area contributed by atoms with E-state index in [0.717, 1.165) is 5.92 Å². The Hall–Kier alpha value is -0.300. The van der Waals surface area contributed by atoms with Crippen molar-refractivity contribution in [3.8, 4) is 0 Å². The molecule has 3 aliphatic rings. The standard InChI is InChI=1S/C17H30N/c1-4-6-14-9-11-17(2)16-8-5-7-15(16)10-12-18(17,3)13-14/h14H,4-13H2,1-3H3/q+1/t14-,17+,18?/m1/s1. The lowest BCUT2D eigenvalue weighted by atomic mass is 9.71. The molecular formula is C17H30N+. The molecule has 2 aliphatic heterocycles. The number of rotatable bonds is 2. The second-order valence-electron chi connectivity index (χ2n) is 7.45. The van der Waals surface area contributed by atoms with Gasteiger partial charge >= 0.3 is 0 Å². The molecule has 0 saturated carbocycles. The van der Waals surface area contributed by atoms with E-state index >= 15 is 0 Å². The van der Waals surface area contributed by atoms with Crippen LogP contribution in [-0.2, 0) is 0 Å². The average Bonchev–Trinajstić information content (AvgIpc) is 2.81. The lowest BCUT2D eigenvalue weighted by Crippen LogP contribution is -2.67. The Morgan fingerprint density at radius 3 is 2.89 bits per heavy atom. The van der Waals surface area contributed by atoms with Gasteiger partial charge in [-0.3, -0.25) is 0 Å². The summed E-state index contributed by atoms with van der Waals surface area (Å²) >= 11 is 0. The van der Waals surface area contributed by atoms with Crippen molar-refractivity contribution in [2.24, 2.45) is 5.92 Å². The van der Waals surface area contributed by atoms with Gasteiger partial charge in [-0.2, -0.15) is 0 Å². The van der Waals surface area contributed by atoms with E-state index < -0.39 is 0 Å². The van der Waals surface area contributed by atoms with E-state index in [4.69, 9.17) is 0 Å². The summed E-state index contributed by atoms with van der Waals surface area (Å²) in [6, 6.07) is 0. The minimum Gasteiger partial charge on any atom is -0.317 e. The average molecular weight is 248 g/mol. The molecule has 3 rings (SSSR count). The van der Waals surface area contributed by atoms with Crippen molar-refractivity contribution in [3.63, 3.8) is 0 Å². The van der Waals surface area contributed by atoms with E-state index in [0.29, 0.717) is 5.54 Å². The summed E-state index contributed by atoms with van der Waals surface area (Å²) < 4.78 is 1.36. The first kappa shape index (κ1) is 12.7. The quantitative estimate of drug-likeness (QED) is 0.505. The smallest absolute Gasteiger partial charge is 0.118 e. The third-order valence-corrected chi connectivity index (χ3v) is 6.48. The van der Waals surface area contributed by atoms with Crippen molar-refractivity contribution in [2.75, 3.05) is 20.1 Å². The van der Waals surface area contributed by atoms with Crippen LogP contribution < -0.4 is 0 Å². The van der Waals surface area contributed by atoms with Gasteiger partial charge in [0.05, 0.1) is 20.1 Å². The topological polar surface area (TPSA) is 0 Å². The molecule has 0 bridgehead atoms. The molecule has 0 spiro atoms. The maximum absolute atomic E-state index is 2.59. The Bertz CT molecular complexity index is 370. The molecular weight excluding hydrogens is 218 g/mol. The Morgan fingerprint density at radius 1 is 1.28 bits per heavy atom. The number of nitrogens with zero attached hydrogens (tertiary/aromatic N) is 1. The summed E-state index contributed by atoms with van der Waals surface area (Å²) in [5.41, 5.74) is 4.27. The zero-order valence-electron chi connectivity index (χ0n) is 12.6. The Balaban J connectivity index is 1.89. The van der Waals surface area contributed by atoms with Crippen LogP contribution in [-0.4, -0.2) is 30.2 Å². The SMILES string of the molecule is CCC[C@@H]1CC[C@@]2(C)C3=C(CCC3)CC[N+]2(C)C1. The van der Waals surface area contributed by atoms with Gasteiger partial charge in [-0.05, 0) is 44.6 Å². The highest BCUT2D eigenvalue weighted by atomic mass is 15.4. The number of likely N-dealkylation sites (N-methyl/N-ethyl adjacent to an activating group) is 1. The fraction of sp³-hybridized carbons (Fsp3) is 0.882. The zero-order valence-corrected chi connectivity index (χ0v) is 12.6. The molecule has 1 nitrogen and oxygen atoms in total. The summed E-state index contributed by atoms with van der Waals surface area (Å²) in [6.07, 6.45) is 11.4. The van der Waals surface area contributed by atoms with Gasteiger partial charge in [0.1, 0.15) is 5.54 Å². The molecule has 0 aromatic heterocycles. The molecule has 1 saturated heterocycles. The van der Waals surface area contributed by atoms with Gasteiger partial charge in [0.15, 0.2) is 0 Å². The van der Waals surface area contributed by atoms with Gasteiger partial charge in [0, 0.05) is 18.8 Å². The maximum atomic E-state index is 2.59. The fourth-order valence-corrected chi connectivity index (χ4v) is 5.19. The third-order valence-electron chi connectivity index (χ3n) is 6.48. The van der Waals surface area contributed by atoms with Crippen molar-refractivity contribution >= 4 is 0 Å². The van der Waals surface area contributed by atoms with Crippen LogP contribution in [0, 0.1) is 5.92 Å². The highest BCUT2D eigenvalue weighted by molar-refractivity contribution is 5.30. The minimum absolute atomic E-state index is 0.508. The maximum Gasteiger partial charge on any atom is 0.118 e. The van der Waals surface area contributed by atoms with Crippen molar-refractivity contribution in [1.82, 2.24) is 0 Å². The van der Waals surface area contributed by atoms with Crippen LogP contribution in [0.1, 0.15) is 65.2 Å². The predicted molar refractivity (Wildman–Crippen MR) is 77.4 cm³/mol. The highest BCUT2D eigenvalue weighted by Crippen LogP contribution is 2.51. The predicted octanol–water partition coefficient (Wildman–Crippen LogP) is 4.29. The lowest BCUT2D eigenvalue weighted by molar-refractivity contribution is -0.961. The van der Waals surface area contributed by atoms with E-state index in [9.17, 15) is 0 Å². The van der Waals surface area contributed by atoms with Crippen LogP contribution in [0.5, 0.6) is 0 Å². The van der Waals surface area contributed by atoms with Crippen LogP contribution in [0.3, 0.4) is 0 Å². The molecule has 1 heteroatoms. The molecule has 0 radical (unpaired) electrons. The molecule has 0 aromatic rings. The van der Waals surface area contributed by atoms with E-state index in [1.165, 1.54) is 68.9 Å². The van der Waals surface area contributed by atoms with Crippen LogP contribution in [0.2, 0.25) is 0 Å². The molecule has 18 heavy (non-hydrogen) atoms. The fourth-order valence-electron chi connectivity index (χ4n) is 5.19. The second kappa shape index (κ2) is 4.37. The largest absolute Gasteiger partial charge is 0.317 e. The lowest BCUT2D eigenvalue weighted by Gasteiger charge is -2.57. The van der Waals surface area contributed by atoms with Crippen molar-refractivity contribution in [2.45, 2.75) is 70.8 Å². The molecule has 1 aliphatic carbocycles. The minimum atomic E-state index is 0.508. The summed E-state index contributed by atoms with van der Waals surface area (Å²) in [4.78, 5) is 0. The van der Waals surface area contributed by atoms with E-state index in [-0.39, 0.29) is 0 Å². The van der Waals surface area contributed by atoms with Crippen molar-refractivity contribution < 1.29 is 4.48 Å². The van der Waals surface area contributed by atoms with Crippen LogP contribution in [0.25, 0.3) is 0 Å². The monoisotopic (exact) mass is 248 g/mol. The first-order valence-corrected chi connectivity index (χ1v) is 8.15. The molecule has 102 valence electrons. The summed E-state index contributed by atoms with van der Waals surface area (Å²) in [5, 5.41) is 0. The number of hydrogen-bond acceptors (Lipinski definition) is 0. The number of hydrogen-bond donors (Lipinski definition) is 0. The summed E-state index contributed by atoms with van der Waals surface area (Å²) in [7, 11) is 2.56. The van der Waals surface area contributed by atoms with Gasteiger partial charge in [-0.1, -0.05) is 18.9 Å². The molecule has 2 heterocycles. The Kier molecular flexibility index (Phi) is 3.09. The first-order valence-electron chi connectivity index (χ1n) is 8.15. The Morgan fingerprint density at radius 2 is 2.11 bits per heavy atom. The zero-order chi connectivity index (χ0) is 12.8. The van der Waals surface area contributed by atoms with Gasteiger partial charge in [-0.25, -0.2) is 0 Å². The first-order chi connectivity index (χ1) is 8.59. The molecule has 3 atom stereocenters. The molecule has 1 unspecified atom stereocenters. The number of fused-ring (bicyclic) bond motifs is 2. The van der Waals surface area contributed by atoms with Crippen molar-refractivity contribution in [1.29, 1.82) is 0 Å². The van der Waals surface area contributed by atoms with Gasteiger partial charge in [0.2, 0.25) is 0 Å². The van der Waals surface area contributed by atoms with E-state index in [1.807, 2.05) is 11.1 Å². The van der Waals surface area contributed by atoms with E-state index in [1.54, 1.807) is 0 Å². The molecule has 0 N–H and O–H groups in total. The van der Waals surface area contributed by atoms with Gasteiger partial charge in [-0.15, -0.1) is 0 Å². The Labute approximate surface area is 113 Å². The molecule has 1 fully saturated rings. The van der Waals surface area contributed by atoms with Gasteiger partial charge < -0.3 is 4.48 Å². The third kappa shape index (κ3) is 1.70.